The van der Waals surface area contributed by atoms with Crippen LogP contribution in [0.4, 0.5) is 0 Å². The van der Waals surface area contributed by atoms with Crippen molar-refractivity contribution in [3.05, 3.63) is 0 Å². The van der Waals surface area contributed by atoms with Gasteiger partial charge in [0, 0.05) is 20.3 Å². The number of nitrogens with two attached hydrogens (primary N) is 1. The van der Waals surface area contributed by atoms with Gasteiger partial charge in [0.25, 0.3) is 0 Å². The normalized spacial score (nSPS) is 13.2. The van der Waals surface area contributed by atoms with E-state index in [9.17, 15) is 9.59 Å². The Morgan fingerprint density at radius 1 is 1.41 bits per heavy atom. The fourth-order valence-corrected chi connectivity index (χ4v) is 1.26. The standard InChI is InChI=1S/C11H23N3O3/c1-8(14-11(2,3)10(12)16)9(15)13-6-5-7-17-4/h8,14H,5-7H2,1-4H3,(H2,12,16)(H,13,15). The van der Waals surface area contributed by atoms with Crippen molar-refractivity contribution in [2.24, 2.45) is 5.73 Å². The van der Waals surface area contributed by atoms with E-state index < -0.39 is 17.5 Å². The zero-order valence-corrected chi connectivity index (χ0v) is 11.0. The maximum atomic E-state index is 11.6. The van der Waals surface area contributed by atoms with Gasteiger partial charge in [0.2, 0.25) is 11.8 Å². The van der Waals surface area contributed by atoms with Gasteiger partial charge in [-0.25, -0.2) is 0 Å². The zero-order valence-electron chi connectivity index (χ0n) is 11.0. The Balaban J connectivity index is 4.01. The Morgan fingerprint density at radius 3 is 2.47 bits per heavy atom. The van der Waals surface area contributed by atoms with Gasteiger partial charge in [-0.1, -0.05) is 0 Å². The molecule has 0 aliphatic heterocycles. The Morgan fingerprint density at radius 2 is 2.00 bits per heavy atom. The quantitative estimate of drug-likeness (QED) is 0.497. The van der Waals surface area contributed by atoms with E-state index in [1.54, 1.807) is 27.9 Å². The number of nitrogens with one attached hydrogen (secondary N) is 2. The molecule has 0 aromatic heterocycles. The third-order valence-corrected chi connectivity index (χ3v) is 2.41. The third-order valence-electron chi connectivity index (χ3n) is 2.41. The van der Waals surface area contributed by atoms with Crippen molar-refractivity contribution in [3.8, 4) is 0 Å². The summed E-state index contributed by atoms with van der Waals surface area (Å²) in [6, 6.07) is -0.472. The lowest BCUT2D eigenvalue weighted by atomic mass is 10.0. The van der Waals surface area contributed by atoms with Crippen LogP contribution in [0.2, 0.25) is 0 Å². The van der Waals surface area contributed by atoms with Crippen LogP contribution in [0.5, 0.6) is 0 Å². The lowest BCUT2D eigenvalue weighted by Gasteiger charge is -2.26. The van der Waals surface area contributed by atoms with Crippen molar-refractivity contribution in [1.29, 1.82) is 0 Å². The van der Waals surface area contributed by atoms with Crippen LogP contribution < -0.4 is 16.4 Å². The second kappa shape index (κ2) is 7.24. The Bertz CT molecular complexity index is 267. The summed E-state index contributed by atoms with van der Waals surface area (Å²) < 4.78 is 4.87. The van der Waals surface area contributed by atoms with E-state index in [4.69, 9.17) is 10.5 Å². The summed E-state index contributed by atoms with van der Waals surface area (Å²) in [6.45, 7) is 6.13. The Labute approximate surface area is 102 Å². The molecule has 0 spiro atoms. The highest BCUT2D eigenvalue weighted by molar-refractivity contribution is 5.86. The van der Waals surface area contributed by atoms with Crippen LogP contribution in [0.15, 0.2) is 0 Å². The average molecular weight is 245 g/mol. The van der Waals surface area contributed by atoms with E-state index >= 15 is 0 Å². The molecule has 0 bridgehead atoms. The summed E-state index contributed by atoms with van der Waals surface area (Å²) in [5, 5.41) is 5.62. The van der Waals surface area contributed by atoms with Gasteiger partial charge >= 0.3 is 0 Å². The van der Waals surface area contributed by atoms with Crippen molar-refractivity contribution in [2.75, 3.05) is 20.3 Å². The highest BCUT2D eigenvalue weighted by Crippen LogP contribution is 2.02. The van der Waals surface area contributed by atoms with E-state index in [2.05, 4.69) is 10.6 Å². The molecule has 0 aliphatic carbocycles. The molecule has 4 N–H and O–H groups in total. The molecule has 0 saturated heterocycles. The minimum Gasteiger partial charge on any atom is -0.385 e. The first kappa shape index (κ1) is 15.9. The predicted molar refractivity (Wildman–Crippen MR) is 65.4 cm³/mol. The van der Waals surface area contributed by atoms with E-state index in [0.717, 1.165) is 6.42 Å². The van der Waals surface area contributed by atoms with E-state index in [-0.39, 0.29) is 5.91 Å². The third kappa shape index (κ3) is 6.23. The monoisotopic (exact) mass is 245 g/mol. The summed E-state index contributed by atoms with van der Waals surface area (Å²) in [4.78, 5) is 22.7. The molecule has 0 aromatic carbocycles. The lowest BCUT2D eigenvalue weighted by molar-refractivity contribution is -0.126. The summed E-state index contributed by atoms with van der Waals surface area (Å²) in [5.74, 6) is -0.646. The number of amides is 2. The molecule has 6 nitrogen and oxygen atoms in total. The molecular weight excluding hydrogens is 222 g/mol. The number of primary amides is 1. The number of carbonyl (C=O) groups excluding carboxylic acids is 2. The Hall–Kier alpha value is -1.14. The second-order valence-electron chi connectivity index (χ2n) is 4.49. The smallest absolute Gasteiger partial charge is 0.237 e. The average Bonchev–Trinajstić information content (AvgIpc) is 2.23. The molecule has 0 radical (unpaired) electrons. The lowest BCUT2D eigenvalue weighted by Crippen LogP contribution is -2.57. The summed E-state index contributed by atoms with van der Waals surface area (Å²) in [6.07, 6.45) is 0.758. The molecule has 0 saturated carbocycles. The molecule has 0 fully saturated rings. The molecule has 6 heteroatoms. The van der Waals surface area contributed by atoms with Crippen LogP contribution in [0.25, 0.3) is 0 Å². The van der Waals surface area contributed by atoms with Crippen LogP contribution in [0.1, 0.15) is 27.2 Å². The van der Waals surface area contributed by atoms with Crippen molar-refractivity contribution < 1.29 is 14.3 Å². The van der Waals surface area contributed by atoms with Crippen molar-refractivity contribution >= 4 is 11.8 Å². The van der Waals surface area contributed by atoms with Crippen LogP contribution in [-0.2, 0) is 14.3 Å². The first-order chi connectivity index (χ1) is 7.81. The van der Waals surface area contributed by atoms with E-state index in [0.29, 0.717) is 13.2 Å². The molecule has 1 unspecified atom stereocenters. The Kier molecular flexibility index (Phi) is 6.75. The topological polar surface area (TPSA) is 93.4 Å². The summed E-state index contributed by atoms with van der Waals surface area (Å²) >= 11 is 0. The predicted octanol–water partition coefficient (Wildman–Crippen LogP) is -0.619. The molecule has 2 amide bonds. The molecule has 100 valence electrons. The number of methoxy groups -OCH3 is 1. The van der Waals surface area contributed by atoms with Crippen LogP contribution in [0, 0.1) is 0 Å². The van der Waals surface area contributed by atoms with Gasteiger partial charge in [0.1, 0.15) is 0 Å². The minimum atomic E-state index is -0.900. The van der Waals surface area contributed by atoms with Gasteiger partial charge in [-0.15, -0.1) is 0 Å². The van der Waals surface area contributed by atoms with Crippen LogP contribution in [-0.4, -0.2) is 43.7 Å². The van der Waals surface area contributed by atoms with E-state index in [1.807, 2.05) is 0 Å². The maximum Gasteiger partial charge on any atom is 0.237 e. The molecule has 0 aromatic rings. The molecule has 0 rings (SSSR count). The van der Waals surface area contributed by atoms with Gasteiger partial charge < -0.3 is 15.8 Å². The number of rotatable bonds is 8. The van der Waals surface area contributed by atoms with Crippen molar-refractivity contribution in [3.63, 3.8) is 0 Å². The van der Waals surface area contributed by atoms with E-state index in [1.165, 1.54) is 0 Å². The van der Waals surface area contributed by atoms with Gasteiger partial charge in [0.05, 0.1) is 11.6 Å². The fraction of sp³-hybridized carbons (Fsp3) is 0.818. The molecular formula is C11H23N3O3. The van der Waals surface area contributed by atoms with Gasteiger partial charge in [0.15, 0.2) is 0 Å². The summed E-state index contributed by atoms with van der Waals surface area (Å²) in [5.41, 5.74) is 4.31. The maximum absolute atomic E-state index is 11.6. The molecule has 1 atom stereocenters. The number of hydrogen-bond acceptors (Lipinski definition) is 4. The zero-order chi connectivity index (χ0) is 13.5. The van der Waals surface area contributed by atoms with Gasteiger partial charge in [-0.2, -0.15) is 0 Å². The largest absolute Gasteiger partial charge is 0.385 e. The van der Waals surface area contributed by atoms with Crippen LogP contribution >= 0.6 is 0 Å². The van der Waals surface area contributed by atoms with Gasteiger partial charge in [-0.05, 0) is 27.2 Å². The number of ether oxygens (including phenoxy) is 1. The van der Waals surface area contributed by atoms with Crippen molar-refractivity contribution in [1.82, 2.24) is 10.6 Å². The summed E-state index contributed by atoms with van der Waals surface area (Å²) in [7, 11) is 1.61. The van der Waals surface area contributed by atoms with Crippen molar-refractivity contribution in [2.45, 2.75) is 38.8 Å². The first-order valence-electron chi connectivity index (χ1n) is 5.65. The highest BCUT2D eigenvalue weighted by atomic mass is 16.5. The molecule has 0 heterocycles. The first-order valence-corrected chi connectivity index (χ1v) is 5.65. The second-order valence-corrected chi connectivity index (χ2v) is 4.49. The molecule has 17 heavy (non-hydrogen) atoms. The SMILES string of the molecule is COCCCNC(=O)C(C)NC(C)(C)C(N)=O. The number of hydrogen-bond donors (Lipinski definition) is 3. The molecule has 0 aliphatic rings. The highest BCUT2D eigenvalue weighted by Gasteiger charge is 2.28. The minimum absolute atomic E-state index is 0.157. The number of carbonyl (C=O) groups is 2. The van der Waals surface area contributed by atoms with Crippen LogP contribution in [0.3, 0.4) is 0 Å². The fourth-order valence-electron chi connectivity index (χ4n) is 1.26. The van der Waals surface area contributed by atoms with Gasteiger partial charge in [-0.3, -0.25) is 14.9 Å².